The molecule has 0 spiro atoms. The molecule has 3 heterocycles. The lowest BCUT2D eigenvalue weighted by atomic mass is 10.00. The van der Waals surface area contributed by atoms with E-state index >= 15 is 0 Å². The molecule has 6 heteroatoms. The highest BCUT2D eigenvalue weighted by atomic mass is 32.1. The first-order chi connectivity index (χ1) is 14.5. The first-order valence-electron chi connectivity index (χ1n) is 10.5. The maximum Gasteiger partial charge on any atom is 0.223 e. The Morgan fingerprint density at radius 2 is 1.97 bits per heavy atom. The Morgan fingerprint density at radius 1 is 1.17 bits per heavy atom. The number of imidazole rings is 1. The number of piperidine rings is 1. The minimum absolute atomic E-state index is 0.0373. The first kappa shape index (κ1) is 20.5. The number of benzene rings is 1. The predicted molar refractivity (Wildman–Crippen MR) is 120 cm³/mol. The zero-order chi connectivity index (χ0) is 21.1. The molecule has 0 unspecified atom stereocenters. The van der Waals surface area contributed by atoms with Gasteiger partial charge >= 0.3 is 0 Å². The number of rotatable bonds is 6. The lowest BCUT2D eigenvalue weighted by Crippen LogP contribution is -2.39. The lowest BCUT2D eigenvalue weighted by Gasteiger charge is -2.34. The molecule has 0 bridgehead atoms. The Hall–Kier alpha value is -2.73. The molecule has 3 aromatic rings. The molecule has 1 amide bonds. The van der Waals surface area contributed by atoms with E-state index in [4.69, 9.17) is 0 Å². The van der Waals surface area contributed by atoms with Crippen LogP contribution in [-0.4, -0.2) is 33.1 Å². The SMILES string of the molecule is Cc1cc(C(=O)CCC(=O)N2CCCC[C@H]2c2ncc(-c3ccccc3)[nH]2)c(C)s1. The van der Waals surface area contributed by atoms with Crippen molar-refractivity contribution in [3.8, 4) is 11.3 Å². The Labute approximate surface area is 181 Å². The van der Waals surface area contributed by atoms with Crippen LogP contribution >= 0.6 is 11.3 Å². The summed E-state index contributed by atoms with van der Waals surface area (Å²) in [5.74, 6) is 0.927. The molecule has 1 saturated heterocycles. The van der Waals surface area contributed by atoms with Crippen LogP contribution in [0.3, 0.4) is 0 Å². The number of H-pyrrole nitrogens is 1. The van der Waals surface area contributed by atoms with Gasteiger partial charge in [0.25, 0.3) is 0 Å². The number of aromatic nitrogens is 2. The van der Waals surface area contributed by atoms with Gasteiger partial charge in [-0.1, -0.05) is 30.3 Å². The second kappa shape index (κ2) is 8.96. The lowest BCUT2D eigenvalue weighted by molar-refractivity contribution is -0.135. The van der Waals surface area contributed by atoms with E-state index < -0.39 is 0 Å². The molecular weight excluding hydrogens is 394 g/mol. The number of carbonyl (C=O) groups excluding carboxylic acids is 2. The number of amides is 1. The molecule has 1 aromatic carbocycles. The monoisotopic (exact) mass is 421 g/mol. The summed E-state index contributed by atoms with van der Waals surface area (Å²) in [5, 5.41) is 0. The summed E-state index contributed by atoms with van der Waals surface area (Å²) in [6, 6.07) is 12.0. The summed E-state index contributed by atoms with van der Waals surface area (Å²) in [4.78, 5) is 37.7. The molecule has 4 rings (SSSR count). The van der Waals surface area contributed by atoms with Crippen molar-refractivity contribution in [2.24, 2.45) is 0 Å². The number of hydrogen-bond acceptors (Lipinski definition) is 4. The fraction of sp³-hybridized carbons (Fsp3) is 0.375. The van der Waals surface area contributed by atoms with Crippen molar-refractivity contribution in [3.05, 3.63) is 63.7 Å². The van der Waals surface area contributed by atoms with Gasteiger partial charge in [0.1, 0.15) is 5.82 Å². The Kier molecular flexibility index (Phi) is 6.13. The van der Waals surface area contributed by atoms with Gasteiger partial charge in [0.2, 0.25) is 5.91 Å². The van der Waals surface area contributed by atoms with Crippen LogP contribution in [0.2, 0.25) is 0 Å². The minimum Gasteiger partial charge on any atom is -0.340 e. The Morgan fingerprint density at radius 3 is 2.70 bits per heavy atom. The summed E-state index contributed by atoms with van der Waals surface area (Å²) in [6.07, 6.45) is 5.30. The van der Waals surface area contributed by atoms with Gasteiger partial charge in [-0.05, 0) is 44.7 Å². The molecule has 30 heavy (non-hydrogen) atoms. The van der Waals surface area contributed by atoms with Crippen molar-refractivity contribution < 1.29 is 9.59 Å². The molecule has 1 N–H and O–H groups in total. The number of aryl methyl sites for hydroxylation is 2. The molecule has 1 aliphatic rings. The summed E-state index contributed by atoms with van der Waals surface area (Å²) >= 11 is 1.63. The van der Waals surface area contributed by atoms with Crippen LogP contribution in [-0.2, 0) is 4.79 Å². The van der Waals surface area contributed by atoms with E-state index in [9.17, 15) is 9.59 Å². The number of ketones is 1. The van der Waals surface area contributed by atoms with Gasteiger partial charge in [-0.3, -0.25) is 9.59 Å². The van der Waals surface area contributed by atoms with Crippen LogP contribution in [0.5, 0.6) is 0 Å². The average Bonchev–Trinajstić information content (AvgIpc) is 3.39. The van der Waals surface area contributed by atoms with Crippen molar-refractivity contribution in [1.29, 1.82) is 0 Å². The largest absolute Gasteiger partial charge is 0.340 e. The number of carbonyl (C=O) groups is 2. The number of hydrogen-bond donors (Lipinski definition) is 1. The second-order valence-corrected chi connectivity index (χ2v) is 9.36. The number of aromatic amines is 1. The fourth-order valence-electron chi connectivity index (χ4n) is 4.19. The molecular formula is C24H27N3O2S. The van der Waals surface area contributed by atoms with Crippen LogP contribution in [0, 0.1) is 13.8 Å². The maximum absolute atomic E-state index is 13.0. The van der Waals surface area contributed by atoms with Gasteiger partial charge in [0.15, 0.2) is 5.78 Å². The molecule has 2 aromatic heterocycles. The third kappa shape index (κ3) is 4.38. The topological polar surface area (TPSA) is 66.1 Å². The highest BCUT2D eigenvalue weighted by molar-refractivity contribution is 7.12. The minimum atomic E-state index is -0.0519. The number of nitrogens with zero attached hydrogens (tertiary/aromatic N) is 2. The summed E-state index contributed by atoms with van der Waals surface area (Å²) in [7, 11) is 0. The van der Waals surface area contributed by atoms with Crippen molar-refractivity contribution in [2.75, 3.05) is 6.54 Å². The summed E-state index contributed by atoms with van der Waals surface area (Å²) in [6.45, 7) is 4.69. The van der Waals surface area contributed by atoms with Crippen molar-refractivity contribution in [2.45, 2.75) is 52.0 Å². The third-order valence-corrected chi connectivity index (χ3v) is 6.69. The van der Waals surface area contributed by atoms with Crippen molar-refractivity contribution in [1.82, 2.24) is 14.9 Å². The van der Waals surface area contributed by atoms with E-state index in [0.717, 1.165) is 58.2 Å². The number of thiophene rings is 1. The quantitative estimate of drug-likeness (QED) is 0.537. The van der Waals surface area contributed by atoms with Gasteiger partial charge in [0.05, 0.1) is 17.9 Å². The van der Waals surface area contributed by atoms with Crippen molar-refractivity contribution in [3.63, 3.8) is 0 Å². The molecule has 0 aliphatic carbocycles. The van der Waals surface area contributed by atoms with Crippen LogP contribution < -0.4 is 0 Å². The molecule has 1 fully saturated rings. The molecule has 0 saturated carbocycles. The van der Waals surface area contributed by atoms with Gasteiger partial charge in [0, 0.05) is 34.7 Å². The van der Waals surface area contributed by atoms with Gasteiger partial charge in [-0.25, -0.2) is 4.98 Å². The van der Waals surface area contributed by atoms with Crippen LogP contribution in [0.25, 0.3) is 11.3 Å². The fourth-order valence-corrected chi connectivity index (χ4v) is 5.13. The highest BCUT2D eigenvalue weighted by Crippen LogP contribution is 2.31. The number of Topliss-reactive ketones (excluding diaryl/α,β-unsaturated/α-hetero) is 1. The van der Waals surface area contributed by atoms with E-state index in [1.165, 1.54) is 0 Å². The Balaban J connectivity index is 1.44. The highest BCUT2D eigenvalue weighted by Gasteiger charge is 2.30. The number of nitrogens with one attached hydrogen (secondary N) is 1. The molecule has 5 nitrogen and oxygen atoms in total. The first-order valence-corrected chi connectivity index (χ1v) is 11.3. The van der Waals surface area contributed by atoms with E-state index in [-0.39, 0.29) is 30.6 Å². The summed E-state index contributed by atoms with van der Waals surface area (Å²) < 4.78 is 0. The molecule has 1 atom stereocenters. The smallest absolute Gasteiger partial charge is 0.223 e. The standard InChI is InChI=1S/C24H27N3O2S/c1-16-14-19(17(2)30-16)22(28)11-12-23(29)27-13-7-6-10-21(27)24-25-15-20(26-24)18-8-4-3-5-9-18/h3-5,8-9,14-15,21H,6-7,10-13H2,1-2H3,(H,25,26)/t21-/m0/s1. The molecule has 156 valence electrons. The van der Waals surface area contributed by atoms with Crippen LogP contribution in [0.4, 0.5) is 0 Å². The van der Waals surface area contributed by atoms with Gasteiger partial charge < -0.3 is 9.88 Å². The molecule has 1 aliphatic heterocycles. The predicted octanol–water partition coefficient (Wildman–Crippen LogP) is 5.47. The second-order valence-electron chi connectivity index (χ2n) is 7.90. The van der Waals surface area contributed by atoms with E-state index in [1.807, 2.05) is 61.3 Å². The Bertz CT molecular complexity index is 1040. The third-order valence-electron chi connectivity index (χ3n) is 5.73. The van der Waals surface area contributed by atoms with Gasteiger partial charge in [-0.2, -0.15) is 0 Å². The van der Waals surface area contributed by atoms with Crippen LogP contribution in [0.1, 0.15) is 64.1 Å². The normalized spacial score (nSPS) is 16.6. The zero-order valence-electron chi connectivity index (χ0n) is 17.5. The average molecular weight is 422 g/mol. The summed E-state index contributed by atoms with van der Waals surface area (Å²) in [5.41, 5.74) is 2.80. The van der Waals surface area contributed by atoms with Gasteiger partial charge in [-0.15, -0.1) is 11.3 Å². The maximum atomic E-state index is 13.0. The van der Waals surface area contributed by atoms with E-state index in [1.54, 1.807) is 11.3 Å². The van der Waals surface area contributed by atoms with Crippen LogP contribution in [0.15, 0.2) is 42.6 Å². The zero-order valence-corrected chi connectivity index (χ0v) is 18.3. The number of likely N-dealkylation sites (tertiary alicyclic amines) is 1. The van der Waals surface area contributed by atoms with E-state index in [0.29, 0.717) is 0 Å². The van der Waals surface area contributed by atoms with E-state index in [2.05, 4.69) is 9.97 Å². The van der Waals surface area contributed by atoms with Crippen molar-refractivity contribution >= 4 is 23.0 Å². The molecule has 0 radical (unpaired) electrons.